The van der Waals surface area contributed by atoms with Crippen LogP contribution in [-0.2, 0) is 11.3 Å². The molecule has 2 aromatic heterocycles. The lowest BCUT2D eigenvalue weighted by Crippen LogP contribution is -2.27. The molecule has 4 rings (SSSR count). The summed E-state index contributed by atoms with van der Waals surface area (Å²) in [5.74, 6) is 0.631. The van der Waals surface area contributed by atoms with Crippen molar-refractivity contribution in [1.82, 2.24) is 9.97 Å². The maximum Gasteiger partial charge on any atom is 0.338 e. The van der Waals surface area contributed by atoms with Crippen molar-refractivity contribution in [3.05, 3.63) is 72.1 Å². The number of hydrogen-bond acceptors (Lipinski definition) is 4. The molecule has 0 amide bonds. The van der Waals surface area contributed by atoms with Crippen molar-refractivity contribution in [3.63, 3.8) is 0 Å². The second-order valence-electron chi connectivity index (χ2n) is 6.88. The lowest BCUT2D eigenvalue weighted by Gasteiger charge is -2.22. The van der Waals surface area contributed by atoms with Gasteiger partial charge in [0.1, 0.15) is 6.61 Å². The second kappa shape index (κ2) is 9.37. The fraction of sp³-hybridized carbons (Fsp3) is 0.217. The molecule has 0 aliphatic heterocycles. The summed E-state index contributed by atoms with van der Waals surface area (Å²) < 4.78 is 5.48. The van der Waals surface area contributed by atoms with E-state index in [1.165, 1.54) is 0 Å². The Kier molecular flexibility index (Phi) is 6.41. The molecule has 0 unspecified atom stereocenters. The average Bonchev–Trinajstić information content (AvgIpc) is 3.15. The highest BCUT2D eigenvalue weighted by atomic mass is 35.5. The highest BCUT2D eigenvalue weighted by Crippen LogP contribution is 2.25. The minimum absolute atomic E-state index is 0.112. The number of esters is 1. The number of aromatic amines is 1. The number of fused-ring (bicyclic) bond motifs is 3. The van der Waals surface area contributed by atoms with Crippen LogP contribution in [0.15, 0.2) is 60.8 Å². The number of halogens is 2. The van der Waals surface area contributed by atoms with E-state index in [4.69, 9.17) is 27.9 Å². The van der Waals surface area contributed by atoms with Gasteiger partial charge in [0.25, 0.3) is 0 Å². The van der Waals surface area contributed by atoms with Crippen LogP contribution in [0, 0.1) is 0 Å². The summed E-state index contributed by atoms with van der Waals surface area (Å²) in [6.45, 7) is 1.50. The predicted molar refractivity (Wildman–Crippen MR) is 123 cm³/mol. The van der Waals surface area contributed by atoms with Gasteiger partial charge in [-0.05, 0) is 36.4 Å². The van der Waals surface area contributed by atoms with Gasteiger partial charge in [-0.2, -0.15) is 0 Å². The number of aromatic nitrogens is 2. The third-order valence-corrected chi connectivity index (χ3v) is 5.31. The Morgan fingerprint density at radius 1 is 0.967 bits per heavy atom. The molecule has 0 saturated carbocycles. The molecule has 5 nitrogen and oxygen atoms in total. The number of pyridine rings is 1. The number of nitrogens with zero attached hydrogens (tertiary/aromatic N) is 2. The zero-order valence-electron chi connectivity index (χ0n) is 16.3. The van der Waals surface area contributed by atoms with E-state index in [-0.39, 0.29) is 12.6 Å². The van der Waals surface area contributed by atoms with Crippen LogP contribution in [0.1, 0.15) is 16.1 Å². The Morgan fingerprint density at radius 2 is 1.70 bits per heavy atom. The van der Waals surface area contributed by atoms with Gasteiger partial charge in [-0.3, -0.25) is 4.98 Å². The van der Waals surface area contributed by atoms with Gasteiger partial charge in [0.15, 0.2) is 0 Å². The molecule has 0 radical (unpaired) electrons. The summed E-state index contributed by atoms with van der Waals surface area (Å²) in [7, 11) is 0. The quantitative estimate of drug-likeness (QED) is 0.295. The van der Waals surface area contributed by atoms with Crippen molar-refractivity contribution in [1.29, 1.82) is 0 Å². The van der Waals surface area contributed by atoms with Gasteiger partial charge in [-0.1, -0.05) is 18.2 Å². The summed E-state index contributed by atoms with van der Waals surface area (Å²) >= 11 is 11.7. The summed E-state index contributed by atoms with van der Waals surface area (Å²) in [5, 5.41) is 2.19. The molecule has 0 atom stereocenters. The number of alkyl halides is 2. The van der Waals surface area contributed by atoms with Gasteiger partial charge in [-0.25, -0.2) is 4.79 Å². The molecule has 0 fully saturated rings. The fourth-order valence-corrected chi connectivity index (χ4v) is 3.89. The minimum atomic E-state index is -0.386. The maximum atomic E-state index is 12.5. The SMILES string of the molecule is O=C(OCc1cc2c(cn1)[nH]c1ccccc12)c1ccc(N(CCCl)CCCl)cc1. The Morgan fingerprint density at radius 3 is 2.43 bits per heavy atom. The number of nitrogens with one attached hydrogen (secondary N) is 1. The molecule has 4 aromatic rings. The van der Waals surface area contributed by atoms with E-state index in [0.717, 1.165) is 27.5 Å². The van der Waals surface area contributed by atoms with Crippen molar-refractivity contribution in [2.75, 3.05) is 29.7 Å². The van der Waals surface area contributed by atoms with Crippen molar-refractivity contribution in [2.24, 2.45) is 0 Å². The monoisotopic (exact) mass is 441 g/mol. The Hall–Kier alpha value is -2.76. The smallest absolute Gasteiger partial charge is 0.338 e. The molecule has 154 valence electrons. The van der Waals surface area contributed by atoms with Crippen LogP contribution < -0.4 is 4.90 Å². The third-order valence-electron chi connectivity index (χ3n) is 4.98. The minimum Gasteiger partial charge on any atom is -0.456 e. The zero-order valence-corrected chi connectivity index (χ0v) is 17.8. The third kappa shape index (κ3) is 4.37. The number of hydrogen-bond donors (Lipinski definition) is 1. The molecule has 0 bridgehead atoms. The van der Waals surface area contributed by atoms with Gasteiger partial charge in [-0.15, -0.1) is 23.2 Å². The van der Waals surface area contributed by atoms with Gasteiger partial charge >= 0.3 is 5.97 Å². The molecule has 1 N–H and O–H groups in total. The van der Waals surface area contributed by atoms with Crippen LogP contribution in [0.4, 0.5) is 5.69 Å². The van der Waals surface area contributed by atoms with E-state index in [1.807, 2.05) is 36.4 Å². The number of para-hydroxylation sites is 1. The molecule has 0 aliphatic rings. The van der Waals surface area contributed by atoms with Crippen LogP contribution >= 0.6 is 23.2 Å². The molecule has 7 heteroatoms. The van der Waals surface area contributed by atoms with E-state index in [9.17, 15) is 4.79 Å². The van der Waals surface area contributed by atoms with Gasteiger partial charge in [0.2, 0.25) is 0 Å². The Bertz CT molecular complexity index is 1150. The molecule has 30 heavy (non-hydrogen) atoms. The largest absolute Gasteiger partial charge is 0.456 e. The molecule has 0 saturated heterocycles. The molecule has 0 aliphatic carbocycles. The lowest BCUT2D eigenvalue weighted by atomic mass is 10.1. The highest BCUT2D eigenvalue weighted by Gasteiger charge is 2.11. The number of rotatable bonds is 8. The number of ether oxygens (including phenoxy) is 1. The zero-order chi connectivity index (χ0) is 20.9. The van der Waals surface area contributed by atoms with E-state index >= 15 is 0 Å². The summed E-state index contributed by atoms with van der Waals surface area (Å²) in [6, 6.07) is 17.3. The van der Waals surface area contributed by atoms with E-state index in [0.29, 0.717) is 36.1 Å². The first-order chi connectivity index (χ1) is 14.7. The molecule has 2 aromatic carbocycles. The number of benzene rings is 2. The summed E-state index contributed by atoms with van der Waals surface area (Å²) in [6.07, 6.45) is 1.77. The number of carbonyl (C=O) groups excluding carboxylic acids is 1. The fourth-order valence-electron chi connectivity index (χ4n) is 3.48. The standard InChI is InChI=1S/C23H21Cl2N3O2/c24-9-11-28(12-10-25)18-7-5-16(6-8-18)23(29)30-15-17-13-20-19-3-1-2-4-21(19)27-22(20)14-26-17/h1-8,13-14,27H,9-12,15H2. The molecule has 0 spiro atoms. The number of anilines is 1. The Balaban J connectivity index is 1.44. The summed E-state index contributed by atoms with van der Waals surface area (Å²) in [4.78, 5) is 22.3. The predicted octanol–water partition coefficient (Wildman–Crippen LogP) is 5.36. The lowest BCUT2D eigenvalue weighted by molar-refractivity contribution is 0.0468. The van der Waals surface area contributed by atoms with E-state index < -0.39 is 0 Å². The first-order valence-electron chi connectivity index (χ1n) is 9.69. The highest BCUT2D eigenvalue weighted by molar-refractivity contribution is 6.18. The van der Waals surface area contributed by atoms with Gasteiger partial charge in [0, 0.05) is 46.8 Å². The Labute approximate surface area is 184 Å². The van der Waals surface area contributed by atoms with Crippen LogP contribution in [0.2, 0.25) is 0 Å². The normalized spacial score (nSPS) is 11.1. The average molecular weight is 442 g/mol. The topological polar surface area (TPSA) is 58.2 Å². The maximum absolute atomic E-state index is 12.5. The van der Waals surface area contributed by atoms with Crippen molar-refractivity contribution < 1.29 is 9.53 Å². The van der Waals surface area contributed by atoms with Crippen LogP contribution in [0.25, 0.3) is 21.8 Å². The van der Waals surface area contributed by atoms with Crippen LogP contribution in [-0.4, -0.2) is 40.8 Å². The molecule has 2 heterocycles. The number of carbonyl (C=O) groups is 1. The first kappa shape index (κ1) is 20.5. The van der Waals surface area contributed by atoms with Gasteiger partial charge in [0.05, 0.1) is 23.0 Å². The summed E-state index contributed by atoms with van der Waals surface area (Å²) in [5.41, 5.74) is 4.18. The van der Waals surface area contributed by atoms with E-state index in [1.54, 1.807) is 18.3 Å². The van der Waals surface area contributed by atoms with Gasteiger partial charge < -0.3 is 14.6 Å². The van der Waals surface area contributed by atoms with Crippen LogP contribution in [0.5, 0.6) is 0 Å². The molecular weight excluding hydrogens is 421 g/mol. The van der Waals surface area contributed by atoms with Crippen molar-refractivity contribution in [2.45, 2.75) is 6.61 Å². The van der Waals surface area contributed by atoms with Crippen molar-refractivity contribution >= 4 is 56.7 Å². The van der Waals surface area contributed by atoms with E-state index in [2.05, 4.69) is 20.9 Å². The first-order valence-corrected chi connectivity index (χ1v) is 10.8. The van der Waals surface area contributed by atoms with Crippen molar-refractivity contribution in [3.8, 4) is 0 Å². The van der Waals surface area contributed by atoms with Crippen LogP contribution in [0.3, 0.4) is 0 Å². The number of H-pyrrole nitrogens is 1. The molecular formula is C23H21Cl2N3O2. The second-order valence-corrected chi connectivity index (χ2v) is 7.64.